The summed E-state index contributed by atoms with van der Waals surface area (Å²) in [5.74, 6) is 0.240. The van der Waals surface area contributed by atoms with Gasteiger partial charge in [-0.1, -0.05) is 29.3 Å². The number of amides is 2. The molecule has 2 amide bonds. The maximum Gasteiger partial charge on any atom is 0.254 e. The van der Waals surface area contributed by atoms with E-state index in [9.17, 15) is 9.59 Å². The Labute approximate surface area is 168 Å². The van der Waals surface area contributed by atoms with E-state index in [1.54, 1.807) is 36.4 Å². The van der Waals surface area contributed by atoms with Crippen molar-refractivity contribution in [2.75, 3.05) is 32.6 Å². The average molecular weight is 411 g/mol. The van der Waals surface area contributed by atoms with Gasteiger partial charge in [0.1, 0.15) is 0 Å². The Morgan fingerprint density at radius 3 is 2.37 bits per heavy atom. The van der Waals surface area contributed by atoms with Crippen LogP contribution in [0.3, 0.4) is 0 Å². The lowest BCUT2D eigenvalue weighted by molar-refractivity contribution is -0.116. The van der Waals surface area contributed by atoms with E-state index < -0.39 is 5.91 Å². The fourth-order valence-electron chi connectivity index (χ4n) is 2.38. The summed E-state index contributed by atoms with van der Waals surface area (Å²) in [6, 6.07) is 9.76. The van der Waals surface area contributed by atoms with Gasteiger partial charge < -0.3 is 19.7 Å². The van der Waals surface area contributed by atoms with Crippen LogP contribution < -0.4 is 14.8 Å². The van der Waals surface area contributed by atoms with Gasteiger partial charge in [-0.15, -0.1) is 0 Å². The van der Waals surface area contributed by atoms with Crippen molar-refractivity contribution >= 4 is 40.7 Å². The van der Waals surface area contributed by atoms with Crippen LogP contribution in [0.15, 0.2) is 36.4 Å². The predicted octanol–water partition coefficient (Wildman–Crippen LogP) is 4.11. The second-order valence-corrected chi connectivity index (χ2v) is 6.42. The van der Waals surface area contributed by atoms with E-state index in [0.717, 1.165) is 0 Å². The molecule has 0 aliphatic rings. The molecule has 0 spiro atoms. The smallest absolute Gasteiger partial charge is 0.254 e. The molecule has 0 aliphatic carbocycles. The first-order chi connectivity index (χ1) is 12.9. The van der Waals surface area contributed by atoms with E-state index in [-0.39, 0.29) is 12.5 Å². The zero-order chi connectivity index (χ0) is 20.0. The zero-order valence-electron chi connectivity index (χ0n) is 15.2. The van der Waals surface area contributed by atoms with Crippen LogP contribution in [0.5, 0.6) is 11.5 Å². The molecule has 2 aromatic carbocycles. The van der Waals surface area contributed by atoms with Crippen LogP contribution in [0, 0.1) is 0 Å². The van der Waals surface area contributed by atoms with E-state index in [2.05, 4.69) is 5.32 Å². The van der Waals surface area contributed by atoms with Crippen molar-refractivity contribution in [2.24, 2.45) is 0 Å². The molecule has 0 heterocycles. The fourth-order valence-corrected chi connectivity index (χ4v) is 2.87. The monoisotopic (exact) mass is 410 g/mol. The molecule has 0 atom stereocenters. The van der Waals surface area contributed by atoms with Crippen molar-refractivity contribution in [1.29, 1.82) is 0 Å². The summed E-state index contributed by atoms with van der Waals surface area (Å²) >= 11 is 12.1. The number of halogens is 2. The lowest BCUT2D eigenvalue weighted by Crippen LogP contribution is -2.35. The SMILES string of the molecule is CCOc1ccc(C(=O)N(C)CC(=O)Nc2c(Cl)cccc2Cl)cc1OC. The van der Waals surface area contributed by atoms with E-state index >= 15 is 0 Å². The van der Waals surface area contributed by atoms with Crippen molar-refractivity contribution in [2.45, 2.75) is 6.92 Å². The third-order valence-electron chi connectivity index (χ3n) is 3.67. The summed E-state index contributed by atoms with van der Waals surface area (Å²) in [5, 5.41) is 3.26. The summed E-state index contributed by atoms with van der Waals surface area (Å²) in [5.41, 5.74) is 0.691. The maximum atomic E-state index is 12.6. The number of carbonyl (C=O) groups excluding carboxylic acids is 2. The Morgan fingerprint density at radius 1 is 1.11 bits per heavy atom. The van der Waals surface area contributed by atoms with Gasteiger partial charge >= 0.3 is 0 Å². The molecule has 0 radical (unpaired) electrons. The van der Waals surface area contributed by atoms with Gasteiger partial charge in [0.2, 0.25) is 5.91 Å². The predicted molar refractivity (Wildman–Crippen MR) is 106 cm³/mol. The van der Waals surface area contributed by atoms with Crippen LogP contribution in [0.1, 0.15) is 17.3 Å². The molecule has 0 saturated carbocycles. The largest absolute Gasteiger partial charge is 0.493 e. The molecule has 0 bridgehead atoms. The normalized spacial score (nSPS) is 10.3. The van der Waals surface area contributed by atoms with Gasteiger partial charge in [0.15, 0.2) is 11.5 Å². The summed E-state index contributed by atoms with van der Waals surface area (Å²) in [6.45, 7) is 2.17. The van der Waals surface area contributed by atoms with Crippen LogP contribution in [0.2, 0.25) is 10.0 Å². The number of carbonyl (C=O) groups is 2. The van der Waals surface area contributed by atoms with Crippen molar-refractivity contribution in [1.82, 2.24) is 4.90 Å². The fraction of sp³-hybridized carbons (Fsp3) is 0.263. The number of para-hydroxylation sites is 1. The van der Waals surface area contributed by atoms with Crippen molar-refractivity contribution in [3.05, 3.63) is 52.0 Å². The number of nitrogens with zero attached hydrogens (tertiary/aromatic N) is 1. The van der Waals surface area contributed by atoms with Gasteiger partial charge in [0, 0.05) is 12.6 Å². The van der Waals surface area contributed by atoms with Crippen LogP contribution in [0.4, 0.5) is 5.69 Å². The Kier molecular flexibility index (Phi) is 7.33. The van der Waals surface area contributed by atoms with E-state index in [0.29, 0.717) is 39.4 Å². The molecule has 2 aromatic rings. The van der Waals surface area contributed by atoms with Crippen molar-refractivity contribution < 1.29 is 19.1 Å². The topological polar surface area (TPSA) is 67.9 Å². The highest BCUT2D eigenvalue weighted by atomic mass is 35.5. The Morgan fingerprint density at radius 2 is 1.78 bits per heavy atom. The molecule has 6 nitrogen and oxygen atoms in total. The van der Waals surface area contributed by atoms with E-state index in [4.69, 9.17) is 32.7 Å². The molecule has 27 heavy (non-hydrogen) atoms. The van der Waals surface area contributed by atoms with Gasteiger partial charge in [-0.2, -0.15) is 0 Å². The average Bonchev–Trinajstić information content (AvgIpc) is 2.64. The maximum absolute atomic E-state index is 12.6. The molecular formula is C19H20Cl2N2O4. The lowest BCUT2D eigenvalue weighted by Gasteiger charge is -2.18. The van der Waals surface area contributed by atoms with Crippen LogP contribution in [0.25, 0.3) is 0 Å². The number of methoxy groups -OCH3 is 1. The molecule has 8 heteroatoms. The van der Waals surface area contributed by atoms with E-state index in [1.807, 2.05) is 6.92 Å². The Bertz CT molecular complexity index is 822. The van der Waals surface area contributed by atoms with Gasteiger partial charge in [-0.05, 0) is 37.3 Å². The molecular weight excluding hydrogens is 391 g/mol. The molecule has 0 fully saturated rings. The summed E-state index contributed by atoms with van der Waals surface area (Å²) in [6.07, 6.45) is 0. The lowest BCUT2D eigenvalue weighted by atomic mass is 10.1. The molecule has 0 aliphatic heterocycles. The molecule has 0 aromatic heterocycles. The summed E-state index contributed by atoms with van der Waals surface area (Å²) in [7, 11) is 3.02. The third-order valence-corrected chi connectivity index (χ3v) is 4.30. The molecule has 0 unspecified atom stereocenters. The second-order valence-electron chi connectivity index (χ2n) is 5.60. The first-order valence-electron chi connectivity index (χ1n) is 8.17. The minimum atomic E-state index is -0.418. The minimum Gasteiger partial charge on any atom is -0.493 e. The van der Waals surface area contributed by atoms with Crippen LogP contribution in [-0.2, 0) is 4.79 Å². The minimum absolute atomic E-state index is 0.171. The third kappa shape index (κ3) is 5.28. The molecule has 144 valence electrons. The highest BCUT2D eigenvalue weighted by Gasteiger charge is 2.18. The van der Waals surface area contributed by atoms with Crippen LogP contribution >= 0.6 is 23.2 Å². The van der Waals surface area contributed by atoms with Gasteiger partial charge in [-0.25, -0.2) is 0 Å². The second kappa shape index (κ2) is 9.48. The summed E-state index contributed by atoms with van der Waals surface area (Å²) in [4.78, 5) is 26.1. The van der Waals surface area contributed by atoms with Crippen molar-refractivity contribution in [3.8, 4) is 11.5 Å². The molecule has 1 N–H and O–H groups in total. The standard InChI is InChI=1S/C19H20Cl2N2O4/c1-4-27-15-9-8-12(10-16(15)26-3)19(25)23(2)11-17(24)22-18-13(20)6-5-7-14(18)21/h5-10H,4,11H2,1-3H3,(H,22,24). The quantitative estimate of drug-likeness (QED) is 0.745. The number of anilines is 1. The van der Waals surface area contributed by atoms with Crippen LogP contribution in [-0.4, -0.2) is 44.0 Å². The number of hydrogen-bond donors (Lipinski definition) is 1. The highest BCUT2D eigenvalue weighted by molar-refractivity contribution is 6.39. The number of nitrogens with one attached hydrogen (secondary N) is 1. The number of benzene rings is 2. The first-order valence-corrected chi connectivity index (χ1v) is 8.93. The van der Waals surface area contributed by atoms with E-state index in [1.165, 1.54) is 19.1 Å². The highest BCUT2D eigenvalue weighted by Crippen LogP contribution is 2.30. The van der Waals surface area contributed by atoms with Crippen molar-refractivity contribution in [3.63, 3.8) is 0 Å². The van der Waals surface area contributed by atoms with Gasteiger partial charge in [0.05, 0.1) is 36.0 Å². The molecule has 2 rings (SSSR count). The molecule has 0 saturated heterocycles. The number of ether oxygens (including phenoxy) is 2. The number of rotatable bonds is 7. The number of hydrogen-bond acceptors (Lipinski definition) is 4. The Hall–Kier alpha value is -2.44. The first kappa shape index (κ1) is 20.9. The number of likely N-dealkylation sites (N-methyl/N-ethyl adjacent to an activating group) is 1. The summed E-state index contributed by atoms with van der Waals surface area (Å²) < 4.78 is 10.7. The Balaban J connectivity index is 2.08. The zero-order valence-corrected chi connectivity index (χ0v) is 16.7. The van der Waals surface area contributed by atoms with Gasteiger partial charge in [-0.3, -0.25) is 9.59 Å². The van der Waals surface area contributed by atoms with Gasteiger partial charge in [0.25, 0.3) is 5.91 Å².